The molecule has 3 fully saturated rings. The number of amides is 1. The van der Waals surface area contributed by atoms with Gasteiger partial charge in [-0.05, 0) is 45.1 Å². The van der Waals surface area contributed by atoms with Crippen molar-refractivity contribution >= 4 is 38.5 Å². The molecule has 192 valence electrons. The molecule has 3 N–H and O–H groups in total. The Morgan fingerprint density at radius 1 is 1.14 bits per heavy atom. The van der Waals surface area contributed by atoms with Crippen LogP contribution in [0.5, 0.6) is 0 Å². The average molecular weight is 531 g/mol. The van der Waals surface area contributed by atoms with Crippen LogP contribution >= 0.6 is 11.3 Å². The highest BCUT2D eigenvalue weighted by atomic mass is 32.2. The van der Waals surface area contributed by atoms with Gasteiger partial charge in [0.2, 0.25) is 15.9 Å². The van der Waals surface area contributed by atoms with E-state index in [1.165, 1.54) is 11.3 Å². The lowest BCUT2D eigenvalue weighted by molar-refractivity contribution is -0.129. The first-order chi connectivity index (χ1) is 17.1. The number of anilines is 1. The fraction of sp³-hybridized carbons (Fsp3) is 0.565. The number of carbonyl (C=O) groups is 1. The molecule has 4 heterocycles. The van der Waals surface area contributed by atoms with E-state index in [0.717, 1.165) is 48.3 Å². The molecule has 0 atom stereocenters. The lowest BCUT2D eigenvalue weighted by Crippen LogP contribution is -2.48. The standard InChI is InChI=1S/C23H30N8O3S2/c1-15(32)29-8-10-30(11-9-29)17-12-16(36(33,34)28-22(2)6-7-22)14-31-18(17)13-25-19(31)20-26-27-21(35-20)23(24)4-3-5-23/h12-14,28H,3-11,24H2,1-2H3. The Morgan fingerprint density at radius 3 is 2.47 bits per heavy atom. The van der Waals surface area contributed by atoms with Crippen LogP contribution in [0.2, 0.25) is 0 Å². The molecule has 2 aliphatic carbocycles. The van der Waals surface area contributed by atoms with Crippen LogP contribution in [0.1, 0.15) is 51.0 Å². The first-order valence-electron chi connectivity index (χ1n) is 12.3. The predicted octanol–water partition coefficient (Wildman–Crippen LogP) is 1.69. The Hall–Kier alpha value is -2.61. The van der Waals surface area contributed by atoms with Crippen molar-refractivity contribution < 1.29 is 13.2 Å². The maximum absolute atomic E-state index is 13.4. The van der Waals surface area contributed by atoms with Crippen molar-refractivity contribution in [2.75, 3.05) is 31.1 Å². The smallest absolute Gasteiger partial charge is 0.242 e. The molecule has 0 spiro atoms. The zero-order valence-electron chi connectivity index (χ0n) is 20.4. The van der Waals surface area contributed by atoms with Crippen LogP contribution in [0, 0.1) is 0 Å². The topological polar surface area (TPSA) is 139 Å². The first kappa shape index (κ1) is 23.8. The molecule has 1 saturated heterocycles. The predicted molar refractivity (Wildman–Crippen MR) is 136 cm³/mol. The number of rotatable bonds is 6. The average Bonchev–Trinajstić information content (AvgIpc) is 3.21. The molecule has 0 bridgehead atoms. The maximum Gasteiger partial charge on any atom is 0.242 e. The Labute approximate surface area is 213 Å². The third-order valence-electron chi connectivity index (χ3n) is 7.64. The third kappa shape index (κ3) is 4.07. The number of hydrogen-bond donors (Lipinski definition) is 2. The van der Waals surface area contributed by atoms with Crippen molar-refractivity contribution in [3.63, 3.8) is 0 Å². The molecular formula is C23H30N8O3S2. The highest BCUT2D eigenvalue weighted by molar-refractivity contribution is 7.89. The van der Waals surface area contributed by atoms with Gasteiger partial charge >= 0.3 is 0 Å². The summed E-state index contributed by atoms with van der Waals surface area (Å²) in [4.78, 5) is 20.6. The minimum absolute atomic E-state index is 0.0425. The Kier molecular flexibility index (Phi) is 5.41. The largest absolute Gasteiger partial charge is 0.366 e. The van der Waals surface area contributed by atoms with E-state index >= 15 is 0 Å². The number of nitrogens with zero attached hydrogens (tertiary/aromatic N) is 6. The van der Waals surface area contributed by atoms with Crippen LogP contribution in [0.15, 0.2) is 23.4 Å². The minimum atomic E-state index is -3.76. The van der Waals surface area contributed by atoms with Gasteiger partial charge in [-0.25, -0.2) is 18.1 Å². The van der Waals surface area contributed by atoms with Crippen LogP contribution in [-0.4, -0.2) is 70.5 Å². The van der Waals surface area contributed by atoms with Gasteiger partial charge < -0.3 is 15.5 Å². The number of pyridine rings is 1. The molecule has 1 amide bonds. The summed E-state index contributed by atoms with van der Waals surface area (Å²) in [6, 6.07) is 1.72. The summed E-state index contributed by atoms with van der Waals surface area (Å²) in [5, 5.41) is 10.1. The van der Waals surface area contributed by atoms with E-state index < -0.39 is 21.1 Å². The van der Waals surface area contributed by atoms with Crippen LogP contribution in [0.25, 0.3) is 16.3 Å². The van der Waals surface area contributed by atoms with Crippen LogP contribution in [-0.2, 0) is 20.4 Å². The second-order valence-corrected chi connectivity index (χ2v) is 13.1. The molecule has 2 saturated carbocycles. The van der Waals surface area contributed by atoms with Crippen molar-refractivity contribution in [1.82, 2.24) is 29.2 Å². The molecule has 0 radical (unpaired) electrons. The fourth-order valence-corrected chi connectivity index (χ4v) is 7.31. The van der Waals surface area contributed by atoms with E-state index in [9.17, 15) is 13.2 Å². The van der Waals surface area contributed by atoms with E-state index in [4.69, 9.17) is 5.73 Å². The lowest BCUT2D eigenvalue weighted by Gasteiger charge is -2.36. The number of hydrogen-bond acceptors (Lipinski definition) is 9. The quantitative estimate of drug-likeness (QED) is 0.491. The molecule has 1 aliphatic heterocycles. The summed E-state index contributed by atoms with van der Waals surface area (Å²) in [5.74, 6) is 0.579. The van der Waals surface area contributed by atoms with Crippen molar-refractivity contribution in [3.8, 4) is 10.8 Å². The van der Waals surface area contributed by atoms with E-state index in [-0.39, 0.29) is 10.8 Å². The van der Waals surface area contributed by atoms with Gasteiger partial charge in [0.1, 0.15) is 9.90 Å². The molecule has 11 nitrogen and oxygen atoms in total. The molecule has 0 aromatic carbocycles. The molecule has 36 heavy (non-hydrogen) atoms. The lowest BCUT2D eigenvalue weighted by atomic mass is 9.78. The molecular weight excluding hydrogens is 500 g/mol. The summed E-state index contributed by atoms with van der Waals surface area (Å²) < 4.78 is 31.5. The Morgan fingerprint density at radius 2 is 1.86 bits per heavy atom. The highest BCUT2D eigenvalue weighted by Gasteiger charge is 2.42. The van der Waals surface area contributed by atoms with E-state index in [0.29, 0.717) is 37.0 Å². The number of piperazine rings is 1. The number of fused-ring (bicyclic) bond motifs is 1. The van der Waals surface area contributed by atoms with Crippen molar-refractivity contribution in [1.29, 1.82) is 0 Å². The fourth-order valence-electron chi connectivity index (χ4n) is 4.83. The van der Waals surface area contributed by atoms with Crippen LogP contribution < -0.4 is 15.4 Å². The minimum Gasteiger partial charge on any atom is -0.366 e. The van der Waals surface area contributed by atoms with E-state index in [1.807, 2.05) is 6.92 Å². The van der Waals surface area contributed by atoms with Crippen LogP contribution in [0.4, 0.5) is 5.69 Å². The maximum atomic E-state index is 13.4. The normalized spacial score (nSPS) is 21.0. The van der Waals surface area contributed by atoms with E-state index in [2.05, 4.69) is 24.8 Å². The third-order valence-corrected chi connectivity index (χ3v) is 10.4. The second-order valence-electron chi connectivity index (χ2n) is 10.5. The van der Waals surface area contributed by atoms with Gasteiger partial charge in [0.15, 0.2) is 10.8 Å². The molecule has 3 aliphatic rings. The van der Waals surface area contributed by atoms with Gasteiger partial charge in [0.05, 0.1) is 22.9 Å². The number of nitrogens with two attached hydrogens (primary N) is 1. The SMILES string of the molecule is CC(=O)N1CCN(c2cc(S(=O)(=O)NC3(C)CC3)cn3c(-c4nnc(C5(N)CCC5)s4)ncc23)CC1. The Bertz CT molecular complexity index is 1450. The monoisotopic (exact) mass is 530 g/mol. The number of sulfonamides is 1. The molecule has 3 aromatic heterocycles. The van der Waals surface area contributed by atoms with Gasteiger partial charge in [-0.2, -0.15) is 0 Å². The van der Waals surface area contributed by atoms with Crippen LogP contribution in [0.3, 0.4) is 0 Å². The second kappa shape index (κ2) is 8.20. The first-order valence-corrected chi connectivity index (χ1v) is 14.6. The molecule has 6 rings (SSSR count). The number of nitrogens with one attached hydrogen (secondary N) is 1. The Balaban J connectivity index is 1.44. The van der Waals surface area contributed by atoms with Crippen molar-refractivity contribution in [2.24, 2.45) is 5.73 Å². The zero-order chi connectivity index (χ0) is 25.3. The molecule has 0 unspecified atom stereocenters. The summed E-state index contributed by atoms with van der Waals surface area (Å²) in [7, 11) is -3.76. The van der Waals surface area contributed by atoms with E-state index in [1.54, 1.807) is 34.7 Å². The number of imidazole rings is 1. The van der Waals surface area contributed by atoms with Gasteiger partial charge in [0, 0.05) is 44.8 Å². The van der Waals surface area contributed by atoms with Gasteiger partial charge in [-0.15, -0.1) is 10.2 Å². The summed E-state index contributed by atoms with van der Waals surface area (Å²) in [6.07, 6.45) is 7.84. The molecule has 13 heteroatoms. The van der Waals surface area contributed by atoms with Crippen molar-refractivity contribution in [2.45, 2.75) is 61.9 Å². The van der Waals surface area contributed by atoms with Crippen molar-refractivity contribution in [3.05, 3.63) is 23.5 Å². The summed E-state index contributed by atoms with van der Waals surface area (Å²) in [5.41, 5.74) is 7.18. The van der Waals surface area contributed by atoms with Gasteiger partial charge in [0.25, 0.3) is 0 Å². The van der Waals surface area contributed by atoms with Gasteiger partial charge in [-0.3, -0.25) is 9.20 Å². The number of aromatic nitrogens is 4. The van der Waals surface area contributed by atoms with Gasteiger partial charge in [-0.1, -0.05) is 11.3 Å². The zero-order valence-corrected chi connectivity index (χ0v) is 22.0. The highest BCUT2D eigenvalue weighted by Crippen LogP contribution is 2.42. The summed E-state index contributed by atoms with van der Waals surface area (Å²) >= 11 is 1.41. The molecule has 3 aromatic rings. The number of carbonyl (C=O) groups excluding carboxylic acids is 1. The summed E-state index contributed by atoms with van der Waals surface area (Å²) in [6.45, 7) is 5.84.